The fourth-order valence-electron chi connectivity index (χ4n) is 2.09. The lowest BCUT2D eigenvalue weighted by Crippen LogP contribution is -2.41. The molecule has 8 heteroatoms. The van der Waals surface area contributed by atoms with Crippen molar-refractivity contribution < 1.29 is 23.8 Å². The van der Waals surface area contributed by atoms with Gasteiger partial charge in [-0.3, -0.25) is 20.4 Å². The van der Waals surface area contributed by atoms with Gasteiger partial charge >= 0.3 is 0 Å². The monoisotopic (exact) mass is 364 g/mol. The van der Waals surface area contributed by atoms with E-state index in [-0.39, 0.29) is 11.1 Å². The third-order valence-electron chi connectivity index (χ3n) is 3.35. The van der Waals surface area contributed by atoms with Crippen LogP contribution in [-0.2, 0) is 0 Å². The maximum absolute atomic E-state index is 12.3. The number of halogens is 1. The first-order chi connectivity index (χ1) is 12.0. The van der Waals surface area contributed by atoms with Gasteiger partial charge in [-0.1, -0.05) is 11.6 Å². The van der Waals surface area contributed by atoms with Crippen molar-refractivity contribution >= 4 is 23.4 Å². The SMILES string of the molecule is COc1ccc(C(=O)NNC(=O)c2cc(Cl)ccc2OC)c(OC)c1. The Bertz CT molecular complexity index is 795. The highest BCUT2D eigenvalue weighted by Crippen LogP contribution is 2.25. The molecule has 132 valence electrons. The average molecular weight is 365 g/mol. The molecule has 0 fully saturated rings. The minimum atomic E-state index is -0.569. The molecule has 0 saturated carbocycles. The predicted octanol–water partition coefficient (Wildman–Crippen LogP) is 2.44. The summed E-state index contributed by atoms with van der Waals surface area (Å²) in [6.07, 6.45) is 0. The zero-order valence-corrected chi connectivity index (χ0v) is 14.6. The Hall–Kier alpha value is -2.93. The van der Waals surface area contributed by atoms with E-state index in [0.29, 0.717) is 22.3 Å². The lowest BCUT2D eigenvalue weighted by molar-refractivity contribution is 0.0843. The van der Waals surface area contributed by atoms with E-state index in [1.54, 1.807) is 24.3 Å². The van der Waals surface area contributed by atoms with Crippen molar-refractivity contribution in [2.45, 2.75) is 0 Å². The molecule has 0 radical (unpaired) electrons. The van der Waals surface area contributed by atoms with E-state index < -0.39 is 11.8 Å². The van der Waals surface area contributed by atoms with Crippen LogP contribution in [0.3, 0.4) is 0 Å². The Kier molecular flexibility index (Phi) is 6.08. The highest BCUT2D eigenvalue weighted by atomic mass is 35.5. The number of amides is 2. The molecule has 0 aromatic heterocycles. The molecule has 2 N–H and O–H groups in total. The molecule has 0 bridgehead atoms. The van der Waals surface area contributed by atoms with Crippen molar-refractivity contribution in [1.82, 2.24) is 10.9 Å². The van der Waals surface area contributed by atoms with E-state index in [0.717, 1.165) is 0 Å². The van der Waals surface area contributed by atoms with Crippen molar-refractivity contribution in [3.63, 3.8) is 0 Å². The molecule has 7 nitrogen and oxygen atoms in total. The van der Waals surface area contributed by atoms with Gasteiger partial charge in [0.1, 0.15) is 17.2 Å². The van der Waals surface area contributed by atoms with Crippen LogP contribution < -0.4 is 25.1 Å². The third-order valence-corrected chi connectivity index (χ3v) is 3.58. The summed E-state index contributed by atoms with van der Waals surface area (Å²) in [5, 5.41) is 0.370. The summed E-state index contributed by atoms with van der Waals surface area (Å²) < 4.78 is 15.3. The van der Waals surface area contributed by atoms with Crippen molar-refractivity contribution in [1.29, 1.82) is 0 Å². The van der Waals surface area contributed by atoms with Crippen molar-refractivity contribution in [3.8, 4) is 17.2 Å². The number of ether oxygens (including phenoxy) is 3. The summed E-state index contributed by atoms with van der Waals surface area (Å²) in [6, 6.07) is 9.30. The van der Waals surface area contributed by atoms with Crippen LogP contribution in [0.2, 0.25) is 5.02 Å². The van der Waals surface area contributed by atoms with Crippen molar-refractivity contribution in [2.75, 3.05) is 21.3 Å². The number of nitrogens with one attached hydrogen (secondary N) is 2. The van der Waals surface area contributed by atoms with E-state index in [1.807, 2.05) is 0 Å². The average Bonchev–Trinajstić information content (AvgIpc) is 2.65. The zero-order valence-electron chi connectivity index (χ0n) is 13.9. The normalized spacial score (nSPS) is 9.92. The van der Waals surface area contributed by atoms with Gasteiger partial charge in [-0.2, -0.15) is 0 Å². The fourth-order valence-corrected chi connectivity index (χ4v) is 2.26. The molecule has 0 aliphatic carbocycles. The van der Waals surface area contributed by atoms with E-state index in [4.69, 9.17) is 25.8 Å². The van der Waals surface area contributed by atoms with Crippen LogP contribution in [0.4, 0.5) is 0 Å². The molecule has 2 amide bonds. The second kappa shape index (κ2) is 8.25. The smallest absolute Gasteiger partial charge is 0.273 e. The van der Waals surface area contributed by atoms with Crippen LogP contribution in [0.15, 0.2) is 36.4 Å². The number of hydrazine groups is 1. The number of benzene rings is 2. The molecule has 2 aromatic carbocycles. The zero-order chi connectivity index (χ0) is 18.4. The first-order valence-electron chi connectivity index (χ1n) is 7.16. The lowest BCUT2D eigenvalue weighted by Gasteiger charge is -2.13. The lowest BCUT2D eigenvalue weighted by atomic mass is 10.2. The maximum atomic E-state index is 12.3. The van der Waals surface area contributed by atoms with Gasteiger partial charge in [0.05, 0.1) is 32.5 Å². The summed E-state index contributed by atoms with van der Waals surface area (Å²) in [7, 11) is 4.37. The van der Waals surface area contributed by atoms with Crippen LogP contribution in [-0.4, -0.2) is 33.1 Å². The number of carbonyl (C=O) groups excluding carboxylic acids is 2. The number of carbonyl (C=O) groups is 2. The predicted molar refractivity (Wildman–Crippen MR) is 92.5 cm³/mol. The molecule has 0 aliphatic heterocycles. The van der Waals surface area contributed by atoms with Crippen LogP contribution in [0.5, 0.6) is 17.2 Å². The van der Waals surface area contributed by atoms with Gasteiger partial charge in [-0.15, -0.1) is 0 Å². The van der Waals surface area contributed by atoms with Gasteiger partial charge in [0.2, 0.25) is 0 Å². The maximum Gasteiger partial charge on any atom is 0.273 e. The minimum Gasteiger partial charge on any atom is -0.497 e. The summed E-state index contributed by atoms with van der Waals surface area (Å²) in [4.78, 5) is 24.5. The minimum absolute atomic E-state index is 0.192. The molecule has 0 aliphatic rings. The second-order valence-electron chi connectivity index (χ2n) is 4.82. The third kappa shape index (κ3) is 4.33. The van der Waals surface area contributed by atoms with E-state index >= 15 is 0 Å². The Balaban J connectivity index is 2.12. The highest BCUT2D eigenvalue weighted by molar-refractivity contribution is 6.31. The first kappa shape index (κ1) is 18.4. The topological polar surface area (TPSA) is 85.9 Å². The highest BCUT2D eigenvalue weighted by Gasteiger charge is 2.17. The summed E-state index contributed by atoms with van der Waals surface area (Å²) in [6.45, 7) is 0. The van der Waals surface area contributed by atoms with Gasteiger partial charge < -0.3 is 14.2 Å². The number of rotatable bonds is 5. The van der Waals surface area contributed by atoms with Crippen LogP contribution >= 0.6 is 11.6 Å². The standard InChI is InChI=1S/C17H17ClN2O5/c1-23-11-5-6-12(15(9-11)25-3)16(21)19-20-17(22)13-8-10(18)4-7-14(13)24-2/h4-9H,1-3H3,(H,19,21)(H,20,22). The van der Waals surface area contributed by atoms with Gasteiger partial charge in [0.25, 0.3) is 11.8 Å². The molecule has 0 atom stereocenters. The molecule has 2 aromatic rings. The Morgan fingerprint density at radius 3 is 2.04 bits per heavy atom. The van der Waals surface area contributed by atoms with Gasteiger partial charge in [0.15, 0.2) is 0 Å². The largest absolute Gasteiger partial charge is 0.497 e. The van der Waals surface area contributed by atoms with E-state index in [9.17, 15) is 9.59 Å². The molecule has 0 unspecified atom stereocenters. The second-order valence-corrected chi connectivity index (χ2v) is 5.26. The van der Waals surface area contributed by atoms with Gasteiger partial charge in [-0.25, -0.2) is 0 Å². The van der Waals surface area contributed by atoms with E-state index in [1.165, 1.54) is 33.5 Å². The Morgan fingerprint density at radius 2 is 1.44 bits per heavy atom. The first-order valence-corrected chi connectivity index (χ1v) is 7.54. The Labute approximate surface area is 149 Å². The number of hydrogen-bond acceptors (Lipinski definition) is 5. The Morgan fingerprint density at radius 1 is 0.800 bits per heavy atom. The molecular weight excluding hydrogens is 348 g/mol. The molecule has 0 saturated heterocycles. The van der Waals surface area contributed by atoms with Gasteiger partial charge in [0, 0.05) is 11.1 Å². The van der Waals surface area contributed by atoms with Crippen molar-refractivity contribution in [2.24, 2.45) is 0 Å². The summed E-state index contributed by atoms with van der Waals surface area (Å²) in [5.41, 5.74) is 5.07. The summed E-state index contributed by atoms with van der Waals surface area (Å²) in [5.74, 6) is 0.0692. The van der Waals surface area contributed by atoms with Crippen LogP contribution in [0.25, 0.3) is 0 Å². The molecule has 0 heterocycles. The molecular formula is C17H17ClN2O5. The fraction of sp³-hybridized carbons (Fsp3) is 0.176. The molecule has 2 rings (SSSR count). The van der Waals surface area contributed by atoms with Crippen LogP contribution in [0.1, 0.15) is 20.7 Å². The summed E-state index contributed by atoms with van der Waals surface area (Å²) >= 11 is 5.89. The quantitative estimate of drug-likeness (QED) is 0.796. The molecule has 25 heavy (non-hydrogen) atoms. The van der Waals surface area contributed by atoms with Crippen LogP contribution in [0, 0.1) is 0 Å². The van der Waals surface area contributed by atoms with Crippen molar-refractivity contribution in [3.05, 3.63) is 52.5 Å². The number of methoxy groups -OCH3 is 3. The number of hydrogen-bond donors (Lipinski definition) is 2. The molecule has 0 spiro atoms. The van der Waals surface area contributed by atoms with Gasteiger partial charge in [-0.05, 0) is 30.3 Å². The van der Waals surface area contributed by atoms with E-state index in [2.05, 4.69) is 10.9 Å².